The molecule has 0 heterocycles. The lowest BCUT2D eigenvalue weighted by Gasteiger charge is -1.99. The van der Waals surface area contributed by atoms with E-state index in [0.29, 0.717) is 11.8 Å². The zero-order valence-corrected chi connectivity index (χ0v) is 7.83. The van der Waals surface area contributed by atoms with Crippen molar-refractivity contribution >= 4 is 16.1 Å². The van der Waals surface area contributed by atoms with E-state index in [1.165, 1.54) is 0 Å². The van der Waals surface area contributed by atoms with Crippen molar-refractivity contribution in [1.29, 1.82) is 0 Å². The van der Waals surface area contributed by atoms with E-state index < -0.39 is 15.6 Å². The molecule has 0 amide bonds. The van der Waals surface area contributed by atoms with Gasteiger partial charge in [0.05, 0.1) is 5.75 Å². The highest BCUT2D eigenvalue weighted by molar-refractivity contribution is 7.91. The molecule has 0 spiro atoms. The fourth-order valence-electron chi connectivity index (χ4n) is 0.991. The first-order valence-corrected chi connectivity index (χ1v) is 5.64. The van der Waals surface area contributed by atoms with Crippen LogP contribution in [0, 0.1) is 0 Å². The van der Waals surface area contributed by atoms with E-state index >= 15 is 0 Å². The first-order chi connectivity index (χ1) is 6.14. The Morgan fingerprint density at radius 3 is 2.31 bits per heavy atom. The van der Waals surface area contributed by atoms with Gasteiger partial charge in [0.25, 0.3) is 0 Å². The van der Waals surface area contributed by atoms with E-state index in [0.717, 1.165) is 0 Å². The molecule has 0 aliphatic carbocycles. The maximum atomic E-state index is 11.2. The predicted octanol–water partition coefficient (Wildman–Crippen LogP) is 0.800. The zero-order valence-electron chi connectivity index (χ0n) is 7.01. The Hall–Kier alpha value is -1.16. The second kappa shape index (κ2) is 4.18. The SMILES string of the molecule is O=CCS(=O)(=O)Cc1ccccc1. The molecule has 1 aromatic rings. The Morgan fingerprint density at radius 1 is 1.15 bits per heavy atom. The minimum atomic E-state index is -3.25. The summed E-state index contributed by atoms with van der Waals surface area (Å²) in [6.07, 6.45) is 0.415. The summed E-state index contributed by atoms with van der Waals surface area (Å²) >= 11 is 0. The number of carbonyl (C=O) groups is 1. The number of aldehydes is 1. The second-order valence-electron chi connectivity index (χ2n) is 2.71. The molecule has 3 nitrogen and oxygen atoms in total. The number of carbonyl (C=O) groups excluding carboxylic acids is 1. The van der Waals surface area contributed by atoms with Crippen molar-refractivity contribution < 1.29 is 13.2 Å². The van der Waals surface area contributed by atoms with Gasteiger partial charge in [0.1, 0.15) is 12.0 Å². The number of sulfone groups is 1. The Morgan fingerprint density at radius 2 is 1.77 bits per heavy atom. The predicted molar refractivity (Wildman–Crippen MR) is 50.0 cm³/mol. The highest BCUT2D eigenvalue weighted by Crippen LogP contribution is 2.04. The summed E-state index contributed by atoms with van der Waals surface area (Å²) in [5.74, 6) is -0.464. The highest BCUT2D eigenvalue weighted by Gasteiger charge is 2.09. The van der Waals surface area contributed by atoms with Gasteiger partial charge in [0.2, 0.25) is 0 Å². The van der Waals surface area contributed by atoms with Crippen molar-refractivity contribution in [2.75, 3.05) is 5.75 Å². The van der Waals surface area contributed by atoms with Crippen molar-refractivity contribution in [2.24, 2.45) is 0 Å². The zero-order chi connectivity index (χ0) is 9.73. The Balaban J connectivity index is 2.75. The molecule has 0 saturated heterocycles. The van der Waals surface area contributed by atoms with E-state index in [-0.39, 0.29) is 5.75 Å². The molecule has 1 aromatic carbocycles. The van der Waals surface area contributed by atoms with E-state index in [1.807, 2.05) is 6.07 Å². The highest BCUT2D eigenvalue weighted by atomic mass is 32.2. The fraction of sp³-hybridized carbons (Fsp3) is 0.222. The maximum Gasteiger partial charge on any atom is 0.161 e. The van der Waals surface area contributed by atoms with Gasteiger partial charge < -0.3 is 4.79 Å². The van der Waals surface area contributed by atoms with Crippen LogP contribution >= 0.6 is 0 Å². The Kier molecular flexibility index (Phi) is 3.19. The molecule has 0 bridgehead atoms. The van der Waals surface area contributed by atoms with Gasteiger partial charge in [-0.15, -0.1) is 0 Å². The van der Waals surface area contributed by atoms with Gasteiger partial charge in [0, 0.05) is 0 Å². The van der Waals surface area contributed by atoms with Gasteiger partial charge in [0.15, 0.2) is 9.84 Å². The normalized spacial score (nSPS) is 11.1. The van der Waals surface area contributed by atoms with Crippen LogP contribution in [0.2, 0.25) is 0 Å². The standard InChI is InChI=1S/C9H10O3S/c10-6-7-13(11,12)8-9-4-2-1-3-5-9/h1-6H,7-8H2. The Bertz CT molecular complexity index is 367. The molecule has 0 atom stereocenters. The van der Waals surface area contributed by atoms with Crippen LogP contribution in [0.5, 0.6) is 0 Å². The van der Waals surface area contributed by atoms with Crippen LogP contribution in [0.1, 0.15) is 5.56 Å². The van der Waals surface area contributed by atoms with E-state index in [2.05, 4.69) is 0 Å². The van der Waals surface area contributed by atoms with Crippen molar-refractivity contribution in [3.63, 3.8) is 0 Å². The van der Waals surface area contributed by atoms with Gasteiger partial charge in [-0.1, -0.05) is 30.3 Å². The third kappa shape index (κ3) is 3.38. The van der Waals surface area contributed by atoms with Crippen molar-refractivity contribution in [3.8, 4) is 0 Å². The average Bonchev–Trinajstić information content (AvgIpc) is 2.04. The monoisotopic (exact) mass is 198 g/mol. The number of hydrogen-bond acceptors (Lipinski definition) is 3. The molecule has 0 fully saturated rings. The number of benzene rings is 1. The van der Waals surface area contributed by atoms with Gasteiger partial charge in [-0.3, -0.25) is 0 Å². The van der Waals surface area contributed by atoms with Crippen LogP contribution in [0.15, 0.2) is 30.3 Å². The summed E-state index contributed by atoms with van der Waals surface area (Å²) in [5, 5.41) is 0. The molecule has 0 radical (unpaired) electrons. The summed E-state index contributed by atoms with van der Waals surface area (Å²) in [5.41, 5.74) is 0.712. The molecule has 0 N–H and O–H groups in total. The van der Waals surface area contributed by atoms with Crippen LogP contribution in [0.25, 0.3) is 0 Å². The molecule has 4 heteroatoms. The molecule has 0 aromatic heterocycles. The summed E-state index contributed by atoms with van der Waals surface area (Å²) in [7, 11) is -3.25. The smallest absolute Gasteiger partial charge is 0.161 e. The van der Waals surface area contributed by atoms with Crippen LogP contribution in [0.3, 0.4) is 0 Å². The summed E-state index contributed by atoms with van der Waals surface area (Å²) in [6, 6.07) is 8.80. The fourth-order valence-corrected chi connectivity index (χ4v) is 2.02. The Labute approximate surface area is 77.3 Å². The molecule has 0 aliphatic heterocycles. The maximum absolute atomic E-state index is 11.2. The van der Waals surface area contributed by atoms with Gasteiger partial charge in [-0.2, -0.15) is 0 Å². The molecule has 0 saturated carbocycles. The third-order valence-corrected chi connectivity index (χ3v) is 2.97. The largest absolute Gasteiger partial charge is 0.302 e. The second-order valence-corrected chi connectivity index (χ2v) is 4.82. The van der Waals surface area contributed by atoms with E-state index in [1.54, 1.807) is 24.3 Å². The summed E-state index contributed by atoms with van der Waals surface area (Å²) in [4.78, 5) is 10.0. The van der Waals surface area contributed by atoms with Gasteiger partial charge in [-0.25, -0.2) is 8.42 Å². The molecular formula is C9H10O3S. The third-order valence-electron chi connectivity index (χ3n) is 1.55. The van der Waals surface area contributed by atoms with Crippen molar-refractivity contribution in [3.05, 3.63) is 35.9 Å². The first-order valence-electron chi connectivity index (χ1n) is 3.82. The topological polar surface area (TPSA) is 51.2 Å². The van der Waals surface area contributed by atoms with Crippen molar-refractivity contribution in [2.45, 2.75) is 5.75 Å². The molecule has 70 valence electrons. The van der Waals surface area contributed by atoms with Gasteiger partial charge >= 0.3 is 0 Å². The molecule has 0 aliphatic rings. The molecule has 1 rings (SSSR count). The quantitative estimate of drug-likeness (QED) is 0.672. The minimum absolute atomic E-state index is 0.0629. The summed E-state index contributed by atoms with van der Waals surface area (Å²) in [6.45, 7) is 0. The minimum Gasteiger partial charge on any atom is -0.302 e. The van der Waals surface area contributed by atoms with Crippen molar-refractivity contribution in [1.82, 2.24) is 0 Å². The lowest BCUT2D eigenvalue weighted by Crippen LogP contribution is -2.09. The lowest BCUT2D eigenvalue weighted by atomic mass is 10.2. The number of rotatable bonds is 4. The molecular weight excluding hydrogens is 188 g/mol. The van der Waals surface area contributed by atoms with E-state index in [9.17, 15) is 13.2 Å². The van der Waals surface area contributed by atoms with Gasteiger partial charge in [-0.05, 0) is 5.56 Å². The van der Waals surface area contributed by atoms with Crippen LogP contribution in [0.4, 0.5) is 0 Å². The molecule has 0 unspecified atom stereocenters. The van der Waals surface area contributed by atoms with Crippen LogP contribution in [-0.4, -0.2) is 20.5 Å². The molecule has 13 heavy (non-hydrogen) atoms. The van der Waals surface area contributed by atoms with Crippen LogP contribution < -0.4 is 0 Å². The average molecular weight is 198 g/mol. The lowest BCUT2D eigenvalue weighted by molar-refractivity contribution is -0.105. The number of hydrogen-bond donors (Lipinski definition) is 0. The van der Waals surface area contributed by atoms with E-state index in [4.69, 9.17) is 0 Å². The summed E-state index contributed by atoms with van der Waals surface area (Å²) < 4.78 is 22.3. The first kappa shape index (κ1) is 9.92. The van der Waals surface area contributed by atoms with Crippen LogP contribution in [-0.2, 0) is 20.4 Å².